The molecule has 1 amide bonds. The van der Waals surface area contributed by atoms with Crippen molar-refractivity contribution in [1.82, 2.24) is 14.5 Å². The van der Waals surface area contributed by atoms with Crippen LogP contribution in [0.4, 0.5) is 10.1 Å². The number of carbonyl (C=O) groups is 1. The average Bonchev–Trinajstić information content (AvgIpc) is 3.19. The fourth-order valence-electron chi connectivity index (χ4n) is 3.52. The second-order valence-corrected chi connectivity index (χ2v) is 9.11. The molecule has 0 saturated carbocycles. The number of halogens is 2. The molecule has 3 aromatic carbocycles. The molecule has 2 heterocycles. The number of benzene rings is 3. The first-order valence-corrected chi connectivity index (χ1v) is 11.7. The van der Waals surface area contributed by atoms with Crippen LogP contribution >= 0.6 is 27.7 Å². The van der Waals surface area contributed by atoms with Crippen LogP contribution in [0.1, 0.15) is 0 Å². The molecule has 9 heteroatoms. The zero-order valence-corrected chi connectivity index (χ0v) is 19.4. The van der Waals surface area contributed by atoms with Crippen LogP contribution in [-0.4, -0.2) is 26.2 Å². The summed E-state index contributed by atoms with van der Waals surface area (Å²) >= 11 is 4.50. The number of aromatic nitrogens is 3. The Kier molecular flexibility index (Phi) is 5.74. The van der Waals surface area contributed by atoms with E-state index in [1.165, 1.54) is 28.8 Å². The lowest BCUT2D eigenvalue weighted by Crippen LogP contribution is -2.23. The van der Waals surface area contributed by atoms with Crippen molar-refractivity contribution >= 4 is 61.2 Å². The summed E-state index contributed by atoms with van der Waals surface area (Å²) in [4.78, 5) is 33.9. The van der Waals surface area contributed by atoms with Crippen LogP contribution in [0, 0.1) is 5.82 Å². The van der Waals surface area contributed by atoms with Gasteiger partial charge in [-0.05, 0) is 54.6 Å². The summed E-state index contributed by atoms with van der Waals surface area (Å²) in [6, 6.07) is 20.3. The number of hydrogen-bond donors (Lipinski definition) is 2. The molecular formula is C24H16BrFN4O2S. The number of rotatable bonds is 5. The number of thioether (sulfide) groups is 1. The van der Waals surface area contributed by atoms with Crippen LogP contribution in [0.15, 0.2) is 87.2 Å². The summed E-state index contributed by atoms with van der Waals surface area (Å²) in [6.07, 6.45) is 0. The quantitative estimate of drug-likeness (QED) is 0.236. The minimum absolute atomic E-state index is 0.0392. The Morgan fingerprint density at radius 1 is 1.06 bits per heavy atom. The molecule has 33 heavy (non-hydrogen) atoms. The van der Waals surface area contributed by atoms with Crippen molar-refractivity contribution in [2.75, 3.05) is 11.1 Å². The van der Waals surface area contributed by atoms with E-state index in [2.05, 4.69) is 26.2 Å². The van der Waals surface area contributed by atoms with Crippen molar-refractivity contribution < 1.29 is 9.18 Å². The molecule has 5 aromatic rings. The minimum Gasteiger partial charge on any atom is -0.349 e. The number of nitrogens with one attached hydrogen (secondary N) is 2. The van der Waals surface area contributed by atoms with Gasteiger partial charge in [0.15, 0.2) is 5.16 Å². The lowest BCUT2D eigenvalue weighted by atomic mass is 10.2. The Balaban J connectivity index is 1.55. The molecule has 0 atom stereocenters. The van der Waals surface area contributed by atoms with Crippen LogP contribution in [-0.2, 0) is 4.79 Å². The molecule has 5 rings (SSSR count). The Hall–Kier alpha value is -3.43. The second kappa shape index (κ2) is 8.84. The van der Waals surface area contributed by atoms with Crippen molar-refractivity contribution in [2.24, 2.45) is 0 Å². The molecule has 0 fully saturated rings. The number of para-hydroxylation sites is 1. The number of anilines is 1. The van der Waals surface area contributed by atoms with Crippen molar-refractivity contribution in [3.05, 3.63) is 93.4 Å². The maximum atomic E-state index is 13.5. The molecule has 6 nitrogen and oxygen atoms in total. The molecular weight excluding hydrogens is 507 g/mol. The normalized spacial score (nSPS) is 11.2. The fourth-order valence-corrected chi connectivity index (χ4v) is 4.59. The summed E-state index contributed by atoms with van der Waals surface area (Å²) < 4.78 is 15.8. The summed E-state index contributed by atoms with van der Waals surface area (Å²) in [5.41, 5.74) is 2.48. The molecule has 0 aliphatic heterocycles. The van der Waals surface area contributed by atoms with Gasteiger partial charge in [0, 0.05) is 21.1 Å². The molecule has 2 N–H and O–H groups in total. The summed E-state index contributed by atoms with van der Waals surface area (Å²) in [7, 11) is 0. The topological polar surface area (TPSA) is 79.8 Å². The van der Waals surface area contributed by atoms with E-state index in [0.717, 1.165) is 27.1 Å². The highest BCUT2D eigenvalue weighted by Crippen LogP contribution is 2.26. The highest BCUT2D eigenvalue weighted by Gasteiger charge is 2.18. The number of nitrogens with zero attached hydrogens (tertiary/aromatic N) is 2. The Morgan fingerprint density at radius 2 is 1.79 bits per heavy atom. The highest BCUT2D eigenvalue weighted by atomic mass is 79.9. The van der Waals surface area contributed by atoms with Gasteiger partial charge in [-0.1, -0.05) is 45.9 Å². The first kappa shape index (κ1) is 21.4. The predicted molar refractivity (Wildman–Crippen MR) is 133 cm³/mol. The van der Waals surface area contributed by atoms with Crippen LogP contribution in [0.3, 0.4) is 0 Å². The van der Waals surface area contributed by atoms with E-state index < -0.39 is 5.82 Å². The number of amides is 1. The molecule has 0 saturated heterocycles. The van der Waals surface area contributed by atoms with E-state index in [-0.39, 0.29) is 17.2 Å². The van der Waals surface area contributed by atoms with Crippen LogP contribution < -0.4 is 10.9 Å². The van der Waals surface area contributed by atoms with Gasteiger partial charge in [-0.15, -0.1) is 0 Å². The third-order valence-corrected chi connectivity index (χ3v) is 6.51. The number of H-pyrrole nitrogens is 1. The molecule has 164 valence electrons. The lowest BCUT2D eigenvalue weighted by molar-refractivity contribution is -0.113. The first-order chi connectivity index (χ1) is 16.0. The molecule has 0 aliphatic carbocycles. The van der Waals surface area contributed by atoms with E-state index in [0.29, 0.717) is 27.6 Å². The van der Waals surface area contributed by atoms with Crippen molar-refractivity contribution in [3.63, 3.8) is 0 Å². The monoisotopic (exact) mass is 522 g/mol. The van der Waals surface area contributed by atoms with Gasteiger partial charge in [0.25, 0.3) is 5.56 Å². The number of aromatic amines is 1. The highest BCUT2D eigenvalue weighted by molar-refractivity contribution is 9.10. The van der Waals surface area contributed by atoms with Crippen molar-refractivity contribution in [2.45, 2.75) is 5.16 Å². The maximum absolute atomic E-state index is 13.5. The molecule has 0 bridgehead atoms. The molecule has 0 spiro atoms. The minimum atomic E-state index is -0.408. The van der Waals surface area contributed by atoms with Crippen LogP contribution in [0.5, 0.6) is 0 Å². The summed E-state index contributed by atoms with van der Waals surface area (Å²) in [5.74, 6) is -0.604. The lowest BCUT2D eigenvalue weighted by Gasteiger charge is -2.12. The van der Waals surface area contributed by atoms with E-state index in [1.54, 1.807) is 12.1 Å². The van der Waals surface area contributed by atoms with Gasteiger partial charge in [0.1, 0.15) is 16.9 Å². The number of carbonyl (C=O) groups excluding carboxylic acids is 1. The van der Waals surface area contributed by atoms with Crippen molar-refractivity contribution in [3.8, 4) is 5.69 Å². The van der Waals surface area contributed by atoms with Gasteiger partial charge < -0.3 is 10.3 Å². The molecule has 0 radical (unpaired) electrons. The van der Waals surface area contributed by atoms with Gasteiger partial charge in [-0.3, -0.25) is 14.2 Å². The zero-order chi connectivity index (χ0) is 22.9. The SMILES string of the molecule is O=C(CSc1nc2c([nH]c3ccccc32)c(=O)n1-c1ccc(F)cc1)Nc1ccc(Br)cc1. The van der Waals surface area contributed by atoms with Gasteiger partial charge in [-0.2, -0.15) is 0 Å². The molecule has 0 unspecified atom stereocenters. The molecule has 0 aliphatic rings. The Bertz CT molecular complexity index is 1550. The van der Waals surface area contributed by atoms with Crippen LogP contribution in [0.2, 0.25) is 0 Å². The summed E-state index contributed by atoms with van der Waals surface area (Å²) in [6.45, 7) is 0. The number of hydrogen-bond acceptors (Lipinski definition) is 4. The zero-order valence-electron chi connectivity index (χ0n) is 17.0. The molecule has 2 aromatic heterocycles. The smallest absolute Gasteiger partial charge is 0.283 e. The third-order valence-electron chi connectivity index (χ3n) is 5.04. The fraction of sp³-hybridized carbons (Fsp3) is 0.0417. The third kappa shape index (κ3) is 4.29. The van der Waals surface area contributed by atoms with E-state index >= 15 is 0 Å². The van der Waals surface area contributed by atoms with E-state index in [1.807, 2.05) is 36.4 Å². The van der Waals surface area contributed by atoms with E-state index in [4.69, 9.17) is 4.98 Å². The van der Waals surface area contributed by atoms with Gasteiger partial charge in [0.05, 0.1) is 11.4 Å². The van der Waals surface area contributed by atoms with Gasteiger partial charge in [0.2, 0.25) is 5.91 Å². The maximum Gasteiger partial charge on any atom is 0.283 e. The Morgan fingerprint density at radius 3 is 2.55 bits per heavy atom. The second-order valence-electron chi connectivity index (χ2n) is 7.25. The largest absolute Gasteiger partial charge is 0.349 e. The van der Waals surface area contributed by atoms with E-state index in [9.17, 15) is 14.0 Å². The van der Waals surface area contributed by atoms with Crippen LogP contribution in [0.25, 0.3) is 27.6 Å². The Labute approximate surface area is 200 Å². The standard InChI is InChI=1S/C24H16BrFN4O2S/c25-14-5-9-16(10-6-14)27-20(31)13-33-24-29-21-18-3-1-2-4-19(18)28-22(21)23(32)30(24)17-11-7-15(26)8-12-17/h1-12,28H,13H2,(H,27,31). The predicted octanol–water partition coefficient (Wildman–Crippen LogP) is 5.50. The number of fused-ring (bicyclic) bond motifs is 3. The average molecular weight is 523 g/mol. The van der Waals surface area contributed by atoms with Gasteiger partial charge >= 0.3 is 0 Å². The first-order valence-electron chi connectivity index (χ1n) is 9.97. The van der Waals surface area contributed by atoms with Gasteiger partial charge in [-0.25, -0.2) is 9.37 Å². The summed E-state index contributed by atoms with van der Waals surface area (Å²) in [5, 5.41) is 3.99. The van der Waals surface area contributed by atoms with Crippen molar-refractivity contribution in [1.29, 1.82) is 0 Å².